The zero-order valence-electron chi connectivity index (χ0n) is 38.2. The molecule has 2 N–H and O–H groups in total. The van der Waals surface area contributed by atoms with Crippen LogP contribution in [-0.4, -0.2) is 82.6 Å². The van der Waals surface area contributed by atoms with Crippen LogP contribution in [0.2, 0.25) is 5.02 Å². The van der Waals surface area contributed by atoms with Crippen LogP contribution >= 0.6 is 23.8 Å². The lowest BCUT2D eigenvalue weighted by atomic mass is 9.85. The first-order valence-corrected chi connectivity index (χ1v) is 23.0. The Labute approximate surface area is 401 Å². The van der Waals surface area contributed by atoms with E-state index in [0.29, 0.717) is 74.1 Å². The maximum atomic E-state index is 13.9. The SMILES string of the molecule is CC(C)(C)C(NC(=O)COCCCCOc1ccc(-c2ccc(N3C(=S)N(c4ccc(C#N)c(Cl)c4)C(=O)C3(C)C)cc2)cc1)C(=O)N1CCC[C@H]1C(=O)NCc1ccc(-c2cnco2)cc1. The molecule has 348 valence electrons. The van der Waals surface area contributed by atoms with Crippen molar-refractivity contribution in [3.63, 3.8) is 0 Å². The first-order valence-electron chi connectivity index (χ1n) is 22.2. The van der Waals surface area contributed by atoms with Gasteiger partial charge in [0, 0.05) is 30.9 Å². The number of hydrogen-bond donors (Lipinski definition) is 2. The maximum absolute atomic E-state index is 13.9. The van der Waals surface area contributed by atoms with Gasteiger partial charge < -0.3 is 34.3 Å². The van der Waals surface area contributed by atoms with Crippen LogP contribution in [0.25, 0.3) is 22.5 Å². The molecule has 3 heterocycles. The molecule has 4 amide bonds. The Morgan fingerprint density at radius 2 is 1.61 bits per heavy atom. The molecule has 4 aromatic carbocycles. The zero-order chi connectivity index (χ0) is 47.9. The summed E-state index contributed by atoms with van der Waals surface area (Å²) in [6.07, 6.45) is 5.61. The van der Waals surface area contributed by atoms with Gasteiger partial charge in [-0.1, -0.05) is 80.9 Å². The van der Waals surface area contributed by atoms with E-state index >= 15 is 0 Å². The highest BCUT2D eigenvalue weighted by atomic mass is 35.5. The number of likely N-dealkylation sites (tertiary alicyclic amines) is 1. The van der Waals surface area contributed by atoms with Crippen LogP contribution in [0.1, 0.15) is 71.4 Å². The number of nitrogens with one attached hydrogen (secondary N) is 2. The number of aromatic nitrogens is 1. The van der Waals surface area contributed by atoms with Gasteiger partial charge in [-0.15, -0.1) is 0 Å². The molecule has 1 aromatic heterocycles. The monoisotopic (exact) mass is 943 g/mol. The van der Waals surface area contributed by atoms with Crippen molar-refractivity contribution in [1.82, 2.24) is 20.5 Å². The standard InChI is InChI=1S/C51H54ClN7O7S/c1-50(2,3)45(47(62)57-24-8-9-42(57)46(61)55-29-33-10-12-36(13-11-33)43-30-54-32-66-43)56-44(60)31-64-25-6-7-26-65-40-22-17-35(18-23-40)34-14-19-38(20-15-34)59-49(67)58(48(63)51(59,4)5)39-21-16-37(28-53)41(52)27-39/h10-23,27,30,32,42,45H,6-9,24-26,29,31H2,1-5H3,(H,55,61)(H,56,60)/t42-,45?/m0/s1. The Bertz CT molecular complexity index is 2630. The number of rotatable bonds is 17. The van der Waals surface area contributed by atoms with Gasteiger partial charge in [-0.2, -0.15) is 5.26 Å². The van der Waals surface area contributed by atoms with Gasteiger partial charge in [-0.05, 0) is 116 Å². The van der Waals surface area contributed by atoms with Crippen molar-refractivity contribution in [2.24, 2.45) is 5.41 Å². The van der Waals surface area contributed by atoms with E-state index in [-0.39, 0.29) is 29.4 Å². The largest absolute Gasteiger partial charge is 0.494 e. The number of benzene rings is 4. The van der Waals surface area contributed by atoms with E-state index in [1.54, 1.807) is 29.3 Å². The number of hydrogen-bond acceptors (Lipinski definition) is 10. The molecule has 7 rings (SSSR count). The van der Waals surface area contributed by atoms with Crippen LogP contribution in [0.4, 0.5) is 11.4 Å². The fraction of sp³-hybridized carbons (Fsp3) is 0.353. The van der Waals surface area contributed by atoms with E-state index in [2.05, 4.69) is 15.6 Å². The number of carbonyl (C=O) groups is 4. The Morgan fingerprint density at radius 1 is 0.955 bits per heavy atom. The number of carbonyl (C=O) groups excluding carboxylic acids is 4. The number of oxazole rings is 1. The summed E-state index contributed by atoms with van der Waals surface area (Å²) < 4.78 is 17.0. The summed E-state index contributed by atoms with van der Waals surface area (Å²) in [5, 5.41) is 15.7. The van der Waals surface area contributed by atoms with E-state index in [0.717, 1.165) is 33.7 Å². The number of halogens is 1. The summed E-state index contributed by atoms with van der Waals surface area (Å²) in [7, 11) is 0. The minimum atomic E-state index is -0.964. The fourth-order valence-corrected chi connectivity index (χ4v) is 8.91. The average Bonchev–Trinajstić information content (AvgIpc) is 4.07. The predicted octanol–water partition coefficient (Wildman–Crippen LogP) is 8.46. The summed E-state index contributed by atoms with van der Waals surface area (Å²) in [6.45, 7) is 10.6. The highest BCUT2D eigenvalue weighted by Crippen LogP contribution is 2.38. The second-order valence-corrected chi connectivity index (χ2v) is 18.9. The van der Waals surface area contributed by atoms with Crippen molar-refractivity contribution in [3.8, 4) is 34.3 Å². The zero-order valence-corrected chi connectivity index (χ0v) is 39.8. The Balaban J connectivity index is 0.822. The number of thiocarbonyl (C=S) groups is 1. The molecule has 0 radical (unpaired) electrons. The third-order valence-corrected chi connectivity index (χ3v) is 12.6. The second kappa shape index (κ2) is 20.9. The third kappa shape index (κ3) is 11.2. The molecular formula is C51H54ClN7O7S. The van der Waals surface area contributed by atoms with E-state index in [1.807, 2.05) is 118 Å². The van der Waals surface area contributed by atoms with Gasteiger partial charge in [-0.3, -0.25) is 24.1 Å². The maximum Gasteiger partial charge on any atom is 0.259 e. The lowest BCUT2D eigenvalue weighted by Gasteiger charge is -2.35. The molecule has 0 bridgehead atoms. The number of nitrogens with zero attached hydrogens (tertiary/aromatic N) is 5. The quantitative estimate of drug-likeness (QED) is 0.0677. The molecule has 2 aliphatic rings. The third-order valence-electron chi connectivity index (χ3n) is 11.9. The van der Waals surface area contributed by atoms with Gasteiger partial charge in [0.15, 0.2) is 17.3 Å². The van der Waals surface area contributed by atoms with Gasteiger partial charge in [0.05, 0.1) is 29.1 Å². The average molecular weight is 945 g/mol. The molecule has 67 heavy (non-hydrogen) atoms. The normalized spacial score (nSPS) is 16.2. The van der Waals surface area contributed by atoms with Crippen LogP contribution in [-0.2, 0) is 30.5 Å². The fourth-order valence-electron chi connectivity index (χ4n) is 8.17. The number of amides is 4. The van der Waals surface area contributed by atoms with Gasteiger partial charge in [0.25, 0.3) is 5.91 Å². The van der Waals surface area contributed by atoms with Gasteiger partial charge in [0.2, 0.25) is 17.7 Å². The minimum absolute atomic E-state index is 0.199. The molecule has 5 aromatic rings. The first-order chi connectivity index (χ1) is 32.1. The highest BCUT2D eigenvalue weighted by Gasteiger charge is 2.50. The van der Waals surface area contributed by atoms with Gasteiger partial charge in [0.1, 0.15) is 36.0 Å². The summed E-state index contributed by atoms with van der Waals surface area (Å²) in [6, 6.07) is 28.6. The lowest BCUT2D eigenvalue weighted by Crippen LogP contribution is -2.58. The molecule has 0 aliphatic carbocycles. The Kier molecular flexibility index (Phi) is 15.1. The van der Waals surface area contributed by atoms with E-state index in [1.165, 1.54) is 11.3 Å². The highest BCUT2D eigenvalue weighted by molar-refractivity contribution is 7.81. The molecule has 1 unspecified atom stereocenters. The number of nitriles is 1. The van der Waals surface area contributed by atoms with Crippen molar-refractivity contribution in [2.45, 2.75) is 84.5 Å². The molecular weight excluding hydrogens is 890 g/mol. The summed E-state index contributed by atoms with van der Waals surface area (Å²) in [4.78, 5) is 62.7. The Morgan fingerprint density at radius 3 is 2.25 bits per heavy atom. The van der Waals surface area contributed by atoms with Gasteiger partial charge in [-0.25, -0.2) is 4.98 Å². The van der Waals surface area contributed by atoms with Crippen LogP contribution < -0.4 is 25.2 Å². The minimum Gasteiger partial charge on any atom is -0.494 e. The van der Waals surface area contributed by atoms with Crippen LogP contribution in [0.15, 0.2) is 108 Å². The van der Waals surface area contributed by atoms with Crippen LogP contribution in [0, 0.1) is 16.7 Å². The molecule has 2 fully saturated rings. The van der Waals surface area contributed by atoms with Crippen molar-refractivity contribution in [2.75, 3.05) is 36.2 Å². The predicted molar refractivity (Wildman–Crippen MR) is 260 cm³/mol. The van der Waals surface area contributed by atoms with Crippen molar-refractivity contribution >= 4 is 63.9 Å². The van der Waals surface area contributed by atoms with Crippen molar-refractivity contribution in [3.05, 3.63) is 120 Å². The number of unbranched alkanes of at least 4 members (excludes halogenated alkanes) is 1. The van der Waals surface area contributed by atoms with E-state index in [4.69, 9.17) is 37.7 Å². The van der Waals surface area contributed by atoms with E-state index < -0.39 is 28.9 Å². The van der Waals surface area contributed by atoms with Crippen LogP contribution in [0.5, 0.6) is 5.75 Å². The number of anilines is 2. The van der Waals surface area contributed by atoms with Crippen LogP contribution in [0.3, 0.4) is 0 Å². The summed E-state index contributed by atoms with van der Waals surface area (Å²) in [5.41, 5.74) is 3.75. The molecule has 0 spiro atoms. The summed E-state index contributed by atoms with van der Waals surface area (Å²) in [5.74, 6) is 0.257. The smallest absolute Gasteiger partial charge is 0.259 e. The molecule has 0 saturated carbocycles. The second-order valence-electron chi connectivity index (χ2n) is 18.1. The van der Waals surface area contributed by atoms with E-state index in [9.17, 15) is 24.4 Å². The van der Waals surface area contributed by atoms with Crippen molar-refractivity contribution < 1.29 is 33.1 Å². The van der Waals surface area contributed by atoms with Crippen molar-refractivity contribution in [1.29, 1.82) is 5.26 Å². The molecule has 2 saturated heterocycles. The lowest BCUT2D eigenvalue weighted by molar-refractivity contribution is -0.144. The van der Waals surface area contributed by atoms with Gasteiger partial charge >= 0.3 is 0 Å². The topological polar surface area (TPSA) is 170 Å². The summed E-state index contributed by atoms with van der Waals surface area (Å²) >= 11 is 12.1. The molecule has 2 atom stereocenters. The number of ether oxygens (including phenoxy) is 2. The molecule has 14 nitrogen and oxygen atoms in total. The Hall–Kier alpha value is -6.60. The first kappa shape index (κ1) is 48.3. The molecule has 2 aliphatic heterocycles. The molecule has 16 heteroatoms.